The summed E-state index contributed by atoms with van der Waals surface area (Å²) in [6.07, 6.45) is 0. The monoisotopic (exact) mass is 388 g/mol. The number of halogens is 1. The fourth-order valence-electron chi connectivity index (χ4n) is 2.49. The molecule has 2 N–H and O–H groups in total. The molecule has 0 aliphatic rings. The average molecular weight is 389 g/mol. The summed E-state index contributed by atoms with van der Waals surface area (Å²) in [5, 5.41) is 9.12. The lowest BCUT2D eigenvalue weighted by Gasteiger charge is -2.18. The van der Waals surface area contributed by atoms with Gasteiger partial charge in [0, 0.05) is 6.07 Å². The maximum absolute atomic E-state index is 6.10. The molecule has 126 valence electrons. The van der Waals surface area contributed by atoms with Gasteiger partial charge in [0.15, 0.2) is 0 Å². The van der Waals surface area contributed by atoms with Gasteiger partial charge >= 0.3 is 0 Å². The van der Waals surface area contributed by atoms with E-state index < -0.39 is 0 Å². The predicted molar refractivity (Wildman–Crippen MR) is 101 cm³/mol. The fraction of sp³-hybridized carbons (Fsp3) is 0.333. The number of benzene rings is 2. The fourth-order valence-corrected chi connectivity index (χ4v) is 2.97. The van der Waals surface area contributed by atoms with Crippen molar-refractivity contribution in [3.63, 3.8) is 0 Å². The summed E-state index contributed by atoms with van der Waals surface area (Å²) in [6.45, 7) is 9.04. The highest BCUT2D eigenvalue weighted by molar-refractivity contribution is 9.10. The first-order valence-electron chi connectivity index (χ1n) is 7.90. The van der Waals surface area contributed by atoms with Gasteiger partial charge in [-0.05, 0) is 46.0 Å². The van der Waals surface area contributed by atoms with E-state index in [-0.39, 0.29) is 5.41 Å². The Kier molecular flexibility index (Phi) is 4.25. The number of hydrogen-bond acceptors (Lipinski definition) is 4. The highest BCUT2D eigenvalue weighted by Gasteiger charge is 2.16. The van der Waals surface area contributed by atoms with E-state index in [0.717, 1.165) is 16.7 Å². The van der Waals surface area contributed by atoms with Gasteiger partial charge in [0.2, 0.25) is 0 Å². The van der Waals surface area contributed by atoms with Gasteiger partial charge in [0.1, 0.15) is 16.8 Å². The van der Waals surface area contributed by atoms with E-state index in [0.29, 0.717) is 22.5 Å². The van der Waals surface area contributed by atoms with E-state index in [2.05, 4.69) is 59.0 Å². The minimum absolute atomic E-state index is 0.116. The minimum atomic E-state index is 0.116. The van der Waals surface area contributed by atoms with Crippen molar-refractivity contribution in [3.05, 3.63) is 40.4 Å². The lowest BCUT2D eigenvalue weighted by Crippen LogP contribution is -2.11. The summed E-state index contributed by atoms with van der Waals surface area (Å²) in [5.41, 5.74) is 10.4. The molecular formula is C18H21BrN4O. The highest BCUT2D eigenvalue weighted by Crippen LogP contribution is 2.36. The largest absolute Gasteiger partial charge is 0.492 e. The molecule has 0 bridgehead atoms. The van der Waals surface area contributed by atoms with E-state index in [1.807, 2.05) is 25.1 Å². The number of nitrogen functional groups attached to an aromatic ring is 1. The van der Waals surface area contributed by atoms with Crippen LogP contribution in [-0.4, -0.2) is 21.6 Å². The molecule has 3 rings (SSSR count). The lowest BCUT2D eigenvalue weighted by atomic mass is 9.87. The zero-order chi connectivity index (χ0) is 17.5. The summed E-state index contributed by atoms with van der Waals surface area (Å²) in [7, 11) is 0. The molecule has 3 aromatic rings. The molecular weight excluding hydrogens is 368 g/mol. The van der Waals surface area contributed by atoms with Crippen LogP contribution in [0, 0.1) is 0 Å². The second kappa shape index (κ2) is 6.09. The maximum atomic E-state index is 6.10. The molecule has 1 heterocycles. The Bertz CT molecular complexity index is 879. The summed E-state index contributed by atoms with van der Waals surface area (Å²) >= 11 is 3.50. The molecule has 0 fully saturated rings. The second-order valence-corrected chi connectivity index (χ2v) is 7.48. The molecule has 0 radical (unpaired) electrons. The summed E-state index contributed by atoms with van der Waals surface area (Å²) in [6, 6.07) is 10.1. The SMILES string of the molecule is CCOc1cc2nn(-c3ccc(C(C)(C)C)cc3)nc2c(Br)c1N. The van der Waals surface area contributed by atoms with Crippen molar-refractivity contribution >= 4 is 32.7 Å². The summed E-state index contributed by atoms with van der Waals surface area (Å²) in [4.78, 5) is 1.62. The Morgan fingerprint density at radius 1 is 1.17 bits per heavy atom. The average Bonchev–Trinajstić information content (AvgIpc) is 2.96. The van der Waals surface area contributed by atoms with Crippen molar-refractivity contribution in [2.24, 2.45) is 0 Å². The number of rotatable bonds is 3. The molecule has 0 amide bonds. The zero-order valence-electron chi connectivity index (χ0n) is 14.3. The van der Waals surface area contributed by atoms with Gasteiger partial charge in [-0.15, -0.1) is 10.2 Å². The van der Waals surface area contributed by atoms with Crippen LogP contribution in [0.3, 0.4) is 0 Å². The van der Waals surface area contributed by atoms with Crippen LogP contribution in [0.2, 0.25) is 0 Å². The number of ether oxygens (including phenoxy) is 1. The van der Waals surface area contributed by atoms with Crippen LogP contribution in [0.4, 0.5) is 5.69 Å². The first-order valence-corrected chi connectivity index (χ1v) is 8.69. The number of fused-ring (bicyclic) bond motifs is 1. The van der Waals surface area contributed by atoms with Crippen molar-refractivity contribution < 1.29 is 4.74 Å². The molecule has 6 heteroatoms. The van der Waals surface area contributed by atoms with E-state index in [1.165, 1.54) is 5.56 Å². The molecule has 24 heavy (non-hydrogen) atoms. The van der Waals surface area contributed by atoms with E-state index in [4.69, 9.17) is 10.5 Å². The molecule has 2 aromatic carbocycles. The van der Waals surface area contributed by atoms with Crippen LogP contribution in [0.5, 0.6) is 5.75 Å². The van der Waals surface area contributed by atoms with Crippen LogP contribution in [-0.2, 0) is 5.41 Å². The van der Waals surface area contributed by atoms with Crippen molar-refractivity contribution in [2.45, 2.75) is 33.1 Å². The van der Waals surface area contributed by atoms with Crippen LogP contribution < -0.4 is 10.5 Å². The van der Waals surface area contributed by atoms with E-state index >= 15 is 0 Å². The zero-order valence-corrected chi connectivity index (χ0v) is 15.9. The maximum Gasteiger partial charge on any atom is 0.145 e. The Hall–Kier alpha value is -2.08. The van der Waals surface area contributed by atoms with Gasteiger partial charge in [0.25, 0.3) is 0 Å². The third kappa shape index (κ3) is 2.98. The second-order valence-electron chi connectivity index (χ2n) is 6.69. The van der Waals surface area contributed by atoms with Gasteiger partial charge in [-0.25, -0.2) is 0 Å². The van der Waals surface area contributed by atoms with Gasteiger partial charge in [-0.2, -0.15) is 4.80 Å². The highest BCUT2D eigenvalue weighted by atomic mass is 79.9. The number of nitrogens with zero attached hydrogens (tertiary/aromatic N) is 3. The molecule has 0 saturated carbocycles. The van der Waals surface area contributed by atoms with E-state index in [1.54, 1.807) is 4.80 Å². The molecule has 0 unspecified atom stereocenters. The van der Waals surface area contributed by atoms with Crippen molar-refractivity contribution in [1.82, 2.24) is 15.0 Å². The lowest BCUT2D eigenvalue weighted by molar-refractivity contribution is 0.342. The molecule has 0 spiro atoms. The smallest absolute Gasteiger partial charge is 0.145 e. The van der Waals surface area contributed by atoms with Crippen LogP contribution in [0.25, 0.3) is 16.7 Å². The van der Waals surface area contributed by atoms with Crippen LogP contribution in [0.1, 0.15) is 33.3 Å². The Morgan fingerprint density at radius 2 is 1.83 bits per heavy atom. The number of hydrogen-bond donors (Lipinski definition) is 1. The van der Waals surface area contributed by atoms with Gasteiger partial charge in [-0.1, -0.05) is 32.9 Å². The molecule has 0 aliphatic carbocycles. The molecule has 0 saturated heterocycles. The molecule has 0 aliphatic heterocycles. The Labute approximate surface area is 149 Å². The Morgan fingerprint density at radius 3 is 2.42 bits per heavy atom. The number of aromatic nitrogens is 3. The van der Waals surface area contributed by atoms with Crippen molar-refractivity contribution in [3.8, 4) is 11.4 Å². The minimum Gasteiger partial charge on any atom is -0.492 e. The van der Waals surface area contributed by atoms with Crippen LogP contribution >= 0.6 is 15.9 Å². The van der Waals surface area contributed by atoms with E-state index in [9.17, 15) is 0 Å². The van der Waals surface area contributed by atoms with Gasteiger partial charge in [-0.3, -0.25) is 0 Å². The first kappa shape index (κ1) is 16.8. The Balaban J connectivity index is 2.06. The van der Waals surface area contributed by atoms with Crippen LogP contribution in [0.15, 0.2) is 34.8 Å². The standard InChI is InChI=1S/C18H21BrN4O/c1-5-24-14-10-13-17(15(19)16(14)20)22-23(21-13)12-8-6-11(7-9-12)18(2,3)4/h6-10H,5,20H2,1-4H3. The quantitative estimate of drug-likeness (QED) is 0.672. The third-order valence-electron chi connectivity index (χ3n) is 3.88. The summed E-state index contributed by atoms with van der Waals surface area (Å²) in [5.74, 6) is 0.618. The predicted octanol–water partition coefficient (Wildman–Crippen LogP) is 4.46. The third-order valence-corrected chi connectivity index (χ3v) is 4.68. The molecule has 1 aromatic heterocycles. The summed E-state index contributed by atoms with van der Waals surface area (Å²) < 4.78 is 6.27. The van der Waals surface area contributed by atoms with Crippen molar-refractivity contribution in [1.29, 1.82) is 0 Å². The number of nitrogens with two attached hydrogens (primary N) is 1. The first-order chi connectivity index (χ1) is 11.3. The topological polar surface area (TPSA) is 66.0 Å². The van der Waals surface area contributed by atoms with Gasteiger partial charge < -0.3 is 10.5 Å². The van der Waals surface area contributed by atoms with Crippen molar-refractivity contribution in [2.75, 3.05) is 12.3 Å². The molecule has 0 atom stereocenters. The van der Waals surface area contributed by atoms with Gasteiger partial charge in [0.05, 0.1) is 22.5 Å². The normalized spacial score (nSPS) is 11.9. The molecule has 5 nitrogen and oxygen atoms in total. The number of anilines is 1.